The summed E-state index contributed by atoms with van der Waals surface area (Å²) < 4.78 is 9.79. The zero-order chi connectivity index (χ0) is 15.8. The Bertz CT molecular complexity index is 358. The van der Waals surface area contributed by atoms with Gasteiger partial charge in [0.2, 0.25) is 5.91 Å². The predicted molar refractivity (Wildman–Crippen MR) is 75.6 cm³/mol. The molecular formula is C14H24N2O5. The lowest BCUT2D eigenvalue weighted by atomic mass is 9.91. The molecule has 1 N–H and O–H groups in total. The van der Waals surface area contributed by atoms with E-state index >= 15 is 0 Å². The predicted octanol–water partition coefficient (Wildman–Crippen LogP) is 0.923. The fourth-order valence-corrected chi connectivity index (χ4v) is 2.51. The molecule has 1 saturated heterocycles. The van der Waals surface area contributed by atoms with Gasteiger partial charge in [-0.25, -0.2) is 4.79 Å². The van der Waals surface area contributed by atoms with Crippen molar-refractivity contribution in [1.82, 2.24) is 10.2 Å². The SMILES string of the molecule is CCOC(=O)CC1CC(NC(=O)OCC)CN(C(C)=O)C1. The van der Waals surface area contributed by atoms with Crippen LogP contribution in [-0.2, 0) is 19.1 Å². The van der Waals surface area contributed by atoms with Gasteiger partial charge in [-0.3, -0.25) is 9.59 Å². The standard InChI is InChI=1S/C14H24N2O5/c1-4-20-13(18)7-11-6-12(15-14(19)21-5-2)9-16(8-11)10(3)17/h11-12H,4-9H2,1-3H3,(H,15,19). The maximum absolute atomic E-state index is 11.6. The number of nitrogens with zero attached hydrogens (tertiary/aromatic N) is 1. The summed E-state index contributed by atoms with van der Waals surface area (Å²) in [4.78, 5) is 36.3. The molecule has 0 radical (unpaired) electrons. The highest BCUT2D eigenvalue weighted by molar-refractivity contribution is 5.74. The summed E-state index contributed by atoms with van der Waals surface area (Å²) in [5.74, 6) is -0.365. The average molecular weight is 300 g/mol. The van der Waals surface area contributed by atoms with Crippen molar-refractivity contribution < 1.29 is 23.9 Å². The van der Waals surface area contributed by atoms with Crippen LogP contribution in [0, 0.1) is 5.92 Å². The van der Waals surface area contributed by atoms with Gasteiger partial charge in [-0.15, -0.1) is 0 Å². The lowest BCUT2D eigenvalue weighted by Crippen LogP contribution is -2.52. The van der Waals surface area contributed by atoms with Gasteiger partial charge < -0.3 is 19.7 Å². The fourth-order valence-electron chi connectivity index (χ4n) is 2.51. The highest BCUT2D eigenvalue weighted by Gasteiger charge is 2.31. The van der Waals surface area contributed by atoms with Gasteiger partial charge in [0.15, 0.2) is 0 Å². The summed E-state index contributed by atoms with van der Waals surface area (Å²) in [6.45, 7) is 6.54. The molecule has 0 saturated carbocycles. The number of esters is 1. The Morgan fingerprint density at radius 1 is 1.14 bits per heavy atom. The van der Waals surface area contributed by atoms with E-state index in [1.165, 1.54) is 6.92 Å². The Balaban J connectivity index is 2.61. The van der Waals surface area contributed by atoms with Gasteiger partial charge in [-0.1, -0.05) is 0 Å². The number of nitrogens with one attached hydrogen (secondary N) is 1. The summed E-state index contributed by atoms with van der Waals surface area (Å²) in [5, 5.41) is 2.73. The minimum absolute atomic E-state index is 0.0198. The average Bonchev–Trinajstić information content (AvgIpc) is 2.38. The molecule has 0 bridgehead atoms. The molecule has 2 unspecified atom stereocenters. The van der Waals surface area contributed by atoms with Gasteiger partial charge in [0, 0.05) is 20.0 Å². The number of alkyl carbamates (subject to hydrolysis) is 1. The summed E-state index contributed by atoms with van der Waals surface area (Å²) in [6.07, 6.45) is 0.378. The highest BCUT2D eigenvalue weighted by atomic mass is 16.5. The molecule has 1 rings (SSSR count). The Morgan fingerprint density at radius 3 is 2.38 bits per heavy atom. The summed E-state index contributed by atoms with van der Waals surface area (Å²) in [6, 6.07) is -0.207. The minimum atomic E-state index is -0.497. The number of hydrogen-bond donors (Lipinski definition) is 1. The Kier molecular flexibility index (Phi) is 6.98. The van der Waals surface area contributed by atoms with Crippen molar-refractivity contribution in [3.63, 3.8) is 0 Å². The number of carbonyl (C=O) groups excluding carboxylic acids is 3. The van der Waals surface area contributed by atoms with Gasteiger partial charge in [0.05, 0.1) is 25.7 Å². The lowest BCUT2D eigenvalue weighted by Gasteiger charge is -2.37. The van der Waals surface area contributed by atoms with Crippen LogP contribution in [0.1, 0.15) is 33.6 Å². The first kappa shape index (κ1) is 17.3. The molecule has 0 spiro atoms. The molecule has 7 nitrogen and oxygen atoms in total. The fraction of sp³-hybridized carbons (Fsp3) is 0.786. The molecule has 0 aromatic heterocycles. The molecule has 7 heteroatoms. The third-order valence-electron chi connectivity index (χ3n) is 3.34. The maximum atomic E-state index is 11.6. The van der Waals surface area contributed by atoms with Crippen LogP contribution in [0.3, 0.4) is 0 Å². The van der Waals surface area contributed by atoms with Crippen LogP contribution < -0.4 is 5.32 Å². The first-order chi connectivity index (χ1) is 9.96. The molecule has 0 aliphatic carbocycles. The zero-order valence-corrected chi connectivity index (χ0v) is 12.9. The smallest absolute Gasteiger partial charge is 0.407 e. The van der Waals surface area contributed by atoms with Crippen molar-refractivity contribution in [2.45, 2.75) is 39.7 Å². The maximum Gasteiger partial charge on any atom is 0.407 e. The summed E-state index contributed by atoms with van der Waals surface area (Å²) >= 11 is 0. The number of ether oxygens (including phenoxy) is 2. The second-order valence-electron chi connectivity index (χ2n) is 5.10. The number of rotatable bonds is 5. The number of hydrogen-bond acceptors (Lipinski definition) is 5. The molecule has 0 aromatic carbocycles. The first-order valence-electron chi connectivity index (χ1n) is 7.30. The molecule has 1 aliphatic rings. The van der Waals surface area contributed by atoms with Gasteiger partial charge in [0.1, 0.15) is 0 Å². The second kappa shape index (κ2) is 8.49. The minimum Gasteiger partial charge on any atom is -0.466 e. The molecule has 1 heterocycles. The Morgan fingerprint density at radius 2 is 1.81 bits per heavy atom. The first-order valence-corrected chi connectivity index (χ1v) is 7.30. The van der Waals surface area contributed by atoms with Crippen LogP contribution in [0.4, 0.5) is 4.79 Å². The van der Waals surface area contributed by atoms with E-state index < -0.39 is 6.09 Å². The van der Waals surface area contributed by atoms with Crippen molar-refractivity contribution in [3.05, 3.63) is 0 Å². The van der Waals surface area contributed by atoms with Crippen molar-refractivity contribution in [3.8, 4) is 0 Å². The summed E-state index contributed by atoms with van der Waals surface area (Å²) in [5.41, 5.74) is 0. The molecule has 0 aromatic rings. The van der Waals surface area contributed by atoms with Crippen LogP contribution in [-0.4, -0.2) is 55.2 Å². The molecule has 21 heavy (non-hydrogen) atoms. The van der Waals surface area contributed by atoms with Crippen molar-refractivity contribution in [2.24, 2.45) is 5.92 Å². The molecule has 2 atom stereocenters. The van der Waals surface area contributed by atoms with Crippen molar-refractivity contribution in [1.29, 1.82) is 0 Å². The van der Waals surface area contributed by atoms with Crippen LogP contribution in [0.5, 0.6) is 0 Å². The van der Waals surface area contributed by atoms with Crippen LogP contribution in [0.2, 0.25) is 0 Å². The molecule has 2 amide bonds. The third-order valence-corrected chi connectivity index (χ3v) is 3.34. The van der Waals surface area contributed by atoms with Crippen LogP contribution >= 0.6 is 0 Å². The van der Waals surface area contributed by atoms with E-state index in [0.29, 0.717) is 32.7 Å². The third kappa shape index (κ3) is 6.01. The summed E-state index contributed by atoms with van der Waals surface area (Å²) in [7, 11) is 0. The van der Waals surface area contributed by atoms with E-state index in [1.807, 2.05) is 0 Å². The lowest BCUT2D eigenvalue weighted by molar-refractivity contribution is -0.145. The monoisotopic (exact) mass is 300 g/mol. The number of carbonyl (C=O) groups is 3. The molecule has 1 fully saturated rings. The van der Waals surface area contributed by atoms with E-state index in [4.69, 9.17) is 9.47 Å². The second-order valence-corrected chi connectivity index (χ2v) is 5.10. The number of likely N-dealkylation sites (tertiary alicyclic amines) is 1. The molecular weight excluding hydrogens is 276 g/mol. The van der Waals surface area contributed by atoms with Gasteiger partial charge in [-0.2, -0.15) is 0 Å². The largest absolute Gasteiger partial charge is 0.466 e. The Hall–Kier alpha value is -1.79. The van der Waals surface area contributed by atoms with Crippen molar-refractivity contribution >= 4 is 18.0 Å². The van der Waals surface area contributed by atoms with Gasteiger partial charge >= 0.3 is 12.1 Å². The van der Waals surface area contributed by atoms with E-state index in [2.05, 4.69) is 5.32 Å². The van der Waals surface area contributed by atoms with E-state index in [9.17, 15) is 14.4 Å². The highest BCUT2D eigenvalue weighted by Crippen LogP contribution is 2.21. The number of piperidine rings is 1. The van der Waals surface area contributed by atoms with E-state index in [-0.39, 0.29) is 30.3 Å². The van der Waals surface area contributed by atoms with Crippen LogP contribution in [0.25, 0.3) is 0 Å². The molecule has 1 aliphatic heterocycles. The van der Waals surface area contributed by atoms with Gasteiger partial charge in [-0.05, 0) is 26.2 Å². The van der Waals surface area contributed by atoms with Crippen LogP contribution in [0.15, 0.2) is 0 Å². The molecule has 120 valence electrons. The van der Waals surface area contributed by atoms with E-state index in [0.717, 1.165) is 0 Å². The zero-order valence-electron chi connectivity index (χ0n) is 12.9. The number of amides is 2. The quantitative estimate of drug-likeness (QED) is 0.763. The normalized spacial score (nSPS) is 21.6. The Labute approximate surface area is 124 Å². The van der Waals surface area contributed by atoms with Crippen molar-refractivity contribution in [2.75, 3.05) is 26.3 Å². The van der Waals surface area contributed by atoms with Gasteiger partial charge in [0.25, 0.3) is 0 Å². The van der Waals surface area contributed by atoms with E-state index in [1.54, 1.807) is 18.7 Å². The topological polar surface area (TPSA) is 84.9 Å².